The molecule has 0 saturated carbocycles. The van der Waals surface area contributed by atoms with Crippen LogP contribution in [-0.2, 0) is 9.53 Å². The second kappa shape index (κ2) is 6.61. The highest BCUT2D eigenvalue weighted by Crippen LogP contribution is 2.26. The van der Waals surface area contributed by atoms with Crippen molar-refractivity contribution in [3.05, 3.63) is 22.7 Å². The van der Waals surface area contributed by atoms with Crippen LogP contribution in [0, 0.1) is 12.8 Å². The molecule has 100 valence electrons. The second-order valence-corrected chi connectivity index (χ2v) is 4.91. The fourth-order valence-corrected chi connectivity index (χ4v) is 1.86. The molecule has 1 amide bonds. The maximum atomic E-state index is 11.8. The molecule has 18 heavy (non-hydrogen) atoms. The summed E-state index contributed by atoms with van der Waals surface area (Å²) in [6, 6.07) is 3.42. The normalized spacial score (nSPS) is 12.2. The number of halogens is 1. The van der Waals surface area contributed by atoms with Gasteiger partial charge in [0.15, 0.2) is 0 Å². The van der Waals surface area contributed by atoms with Crippen molar-refractivity contribution in [2.45, 2.75) is 20.3 Å². The van der Waals surface area contributed by atoms with Gasteiger partial charge in [-0.2, -0.15) is 0 Å². The second-order valence-electron chi connectivity index (χ2n) is 4.50. The van der Waals surface area contributed by atoms with E-state index in [1.165, 1.54) is 0 Å². The zero-order chi connectivity index (χ0) is 13.7. The van der Waals surface area contributed by atoms with Gasteiger partial charge in [0.1, 0.15) is 0 Å². The van der Waals surface area contributed by atoms with Crippen LogP contribution in [0.3, 0.4) is 0 Å². The molecule has 0 heterocycles. The van der Waals surface area contributed by atoms with Gasteiger partial charge in [0.05, 0.1) is 10.7 Å². The Balaban J connectivity index is 2.67. The van der Waals surface area contributed by atoms with Gasteiger partial charge in [0.25, 0.3) is 0 Å². The van der Waals surface area contributed by atoms with Crippen LogP contribution in [0.4, 0.5) is 11.4 Å². The molecule has 0 aliphatic rings. The van der Waals surface area contributed by atoms with Crippen molar-refractivity contribution >= 4 is 28.9 Å². The lowest BCUT2D eigenvalue weighted by Gasteiger charge is -2.13. The van der Waals surface area contributed by atoms with E-state index in [4.69, 9.17) is 22.1 Å². The quantitative estimate of drug-likeness (QED) is 0.809. The number of hydrogen-bond donors (Lipinski definition) is 2. The third kappa shape index (κ3) is 4.20. The van der Waals surface area contributed by atoms with Crippen molar-refractivity contribution in [3.8, 4) is 0 Å². The summed E-state index contributed by atoms with van der Waals surface area (Å²) < 4.78 is 5.00. The predicted octanol–water partition coefficient (Wildman–Crippen LogP) is 2.84. The molecule has 3 N–H and O–H groups in total. The molecular formula is C13H19ClN2O2. The SMILES string of the molecule is COCC(C)CC(=O)Nc1cc(Cl)c(N)cc1C. The van der Waals surface area contributed by atoms with Gasteiger partial charge >= 0.3 is 0 Å². The van der Waals surface area contributed by atoms with Crippen molar-refractivity contribution in [3.63, 3.8) is 0 Å². The molecule has 4 nitrogen and oxygen atoms in total. The number of hydrogen-bond acceptors (Lipinski definition) is 3. The molecule has 0 radical (unpaired) electrons. The Hall–Kier alpha value is -1.26. The number of nitrogen functional groups attached to an aromatic ring is 1. The van der Waals surface area contributed by atoms with Gasteiger partial charge in [-0.3, -0.25) is 4.79 Å². The van der Waals surface area contributed by atoms with Crippen LogP contribution < -0.4 is 11.1 Å². The molecule has 1 aromatic rings. The largest absolute Gasteiger partial charge is 0.398 e. The Labute approximate surface area is 112 Å². The van der Waals surface area contributed by atoms with Crippen molar-refractivity contribution in [1.29, 1.82) is 0 Å². The summed E-state index contributed by atoms with van der Waals surface area (Å²) in [5.74, 6) is 0.128. The van der Waals surface area contributed by atoms with Crippen molar-refractivity contribution in [1.82, 2.24) is 0 Å². The average Bonchev–Trinajstić information content (AvgIpc) is 2.26. The van der Waals surface area contributed by atoms with Crippen molar-refractivity contribution < 1.29 is 9.53 Å². The van der Waals surface area contributed by atoms with Crippen LogP contribution in [0.2, 0.25) is 5.02 Å². The number of ether oxygens (including phenoxy) is 1. The highest BCUT2D eigenvalue weighted by Gasteiger charge is 2.11. The van der Waals surface area contributed by atoms with E-state index in [1.54, 1.807) is 19.2 Å². The van der Waals surface area contributed by atoms with E-state index in [0.717, 1.165) is 5.56 Å². The lowest BCUT2D eigenvalue weighted by atomic mass is 10.1. The molecule has 0 aliphatic carbocycles. The standard InChI is InChI=1S/C13H19ClN2O2/c1-8(7-18-3)4-13(17)16-12-6-10(14)11(15)5-9(12)2/h5-6,8H,4,7,15H2,1-3H3,(H,16,17). The minimum absolute atomic E-state index is 0.0523. The van der Waals surface area contributed by atoms with Crippen LogP contribution in [0.1, 0.15) is 18.9 Å². The number of anilines is 2. The highest BCUT2D eigenvalue weighted by molar-refractivity contribution is 6.33. The Morgan fingerprint density at radius 3 is 2.83 bits per heavy atom. The molecule has 1 rings (SSSR count). The van der Waals surface area contributed by atoms with Gasteiger partial charge in [-0.1, -0.05) is 18.5 Å². The average molecular weight is 271 g/mol. The third-order valence-electron chi connectivity index (χ3n) is 2.60. The van der Waals surface area contributed by atoms with Crippen LogP contribution in [0.15, 0.2) is 12.1 Å². The number of benzene rings is 1. The summed E-state index contributed by atoms with van der Waals surface area (Å²) in [6.45, 7) is 4.40. The van der Waals surface area contributed by atoms with Crippen LogP contribution in [0.5, 0.6) is 0 Å². The molecule has 0 aromatic heterocycles. The fourth-order valence-electron chi connectivity index (χ4n) is 1.70. The maximum Gasteiger partial charge on any atom is 0.224 e. The number of nitrogens with one attached hydrogen (secondary N) is 1. The molecule has 1 atom stereocenters. The minimum atomic E-state index is -0.0523. The summed E-state index contributed by atoms with van der Waals surface area (Å²) in [5, 5.41) is 3.28. The van der Waals surface area contributed by atoms with Crippen molar-refractivity contribution in [2.75, 3.05) is 24.8 Å². The summed E-state index contributed by atoms with van der Waals surface area (Å²) in [5.41, 5.74) is 7.78. The molecule has 0 aliphatic heterocycles. The smallest absolute Gasteiger partial charge is 0.224 e. The molecular weight excluding hydrogens is 252 g/mol. The van der Waals surface area contributed by atoms with E-state index in [2.05, 4.69) is 5.32 Å². The van der Waals surface area contributed by atoms with E-state index in [9.17, 15) is 4.79 Å². The zero-order valence-electron chi connectivity index (χ0n) is 10.9. The monoisotopic (exact) mass is 270 g/mol. The summed E-state index contributed by atoms with van der Waals surface area (Å²) in [4.78, 5) is 11.8. The Bertz CT molecular complexity index is 435. The molecule has 0 fully saturated rings. The number of methoxy groups -OCH3 is 1. The van der Waals surface area contributed by atoms with Gasteiger partial charge in [0.2, 0.25) is 5.91 Å². The highest BCUT2D eigenvalue weighted by atomic mass is 35.5. The van der Waals surface area contributed by atoms with Gasteiger partial charge in [-0.25, -0.2) is 0 Å². The van der Waals surface area contributed by atoms with E-state index in [0.29, 0.717) is 29.4 Å². The topological polar surface area (TPSA) is 64.3 Å². The van der Waals surface area contributed by atoms with Crippen LogP contribution in [0.25, 0.3) is 0 Å². The maximum absolute atomic E-state index is 11.8. The van der Waals surface area contributed by atoms with Gasteiger partial charge < -0.3 is 15.8 Å². The van der Waals surface area contributed by atoms with E-state index in [-0.39, 0.29) is 11.8 Å². The van der Waals surface area contributed by atoms with Crippen molar-refractivity contribution in [2.24, 2.45) is 5.92 Å². The van der Waals surface area contributed by atoms with E-state index >= 15 is 0 Å². The summed E-state index contributed by atoms with van der Waals surface area (Å²) >= 11 is 5.93. The number of carbonyl (C=O) groups is 1. The van der Waals surface area contributed by atoms with Crippen LogP contribution >= 0.6 is 11.6 Å². The molecule has 0 bridgehead atoms. The Kier molecular flexibility index (Phi) is 5.44. The lowest BCUT2D eigenvalue weighted by molar-refractivity contribution is -0.117. The molecule has 1 unspecified atom stereocenters. The molecule has 1 aromatic carbocycles. The third-order valence-corrected chi connectivity index (χ3v) is 2.93. The lowest BCUT2D eigenvalue weighted by Crippen LogP contribution is -2.18. The van der Waals surface area contributed by atoms with Gasteiger partial charge in [-0.15, -0.1) is 0 Å². The fraction of sp³-hybridized carbons (Fsp3) is 0.462. The first-order valence-corrected chi connectivity index (χ1v) is 6.16. The number of amides is 1. The predicted molar refractivity (Wildman–Crippen MR) is 74.9 cm³/mol. The molecule has 0 spiro atoms. The van der Waals surface area contributed by atoms with E-state index < -0.39 is 0 Å². The van der Waals surface area contributed by atoms with E-state index in [1.807, 2.05) is 13.8 Å². The summed E-state index contributed by atoms with van der Waals surface area (Å²) in [6.07, 6.45) is 0.412. The number of carbonyl (C=O) groups excluding carboxylic acids is 1. The summed E-state index contributed by atoms with van der Waals surface area (Å²) in [7, 11) is 1.62. The van der Waals surface area contributed by atoms with Gasteiger partial charge in [-0.05, 0) is 30.5 Å². The van der Waals surface area contributed by atoms with Crippen LogP contribution in [-0.4, -0.2) is 19.6 Å². The number of nitrogens with two attached hydrogens (primary N) is 1. The first-order chi connectivity index (χ1) is 8.43. The number of aryl methyl sites for hydroxylation is 1. The minimum Gasteiger partial charge on any atom is -0.398 e. The van der Waals surface area contributed by atoms with Gasteiger partial charge in [0, 0.05) is 25.8 Å². The molecule has 0 saturated heterocycles. The first kappa shape index (κ1) is 14.8. The Morgan fingerprint density at radius 2 is 2.22 bits per heavy atom. The zero-order valence-corrected chi connectivity index (χ0v) is 11.7. The Morgan fingerprint density at radius 1 is 1.56 bits per heavy atom. The molecule has 5 heteroatoms. The first-order valence-electron chi connectivity index (χ1n) is 5.78. The number of rotatable bonds is 5.